The number of hydrogen-bond acceptors (Lipinski definition) is 6. The molecule has 3 rings (SSSR count). The second kappa shape index (κ2) is 6.46. The molecule has 0 unspecified atom stereocenters. The van der Waals surface area contributed by atoms with E-state index in [9.17, 15) is 8.42 Å². The third kappa shape index (κ3) is 3.65. The Kier molecular flexibility index (Phi) is 4.56. The number of hydrogen-bond donors (Lipinski definition) is 1. The Morgan fingerprint density at radius 3 is 2.65 bits per heavy atom. The fourth-order valence-electron chi connectivity index (χ4n) is 2.38. The number of aryl methyl sites for hydroxylation is 2. The smallest absolute Gasteiger partial charge is 0.240 e. The van der Waals surface area contributed by atoms with Gasteiger partial charge in [-0.2, -0.15) is 0 Å². The van der Waals surface area contributed by atoms with E-state index in [0.717, 1.165) is 15.6 Å². The molecule has 1 N–H and O–H groups in total. The van der Waals surface area contributed by atoms with Crippen LogP contribution in [-0.4, -0.2) is 33.2 Å². The fourth-order valence-corrected chi connectivity index (χ4v) is 4.36. The van der Waals surface area contributed by atoms with Crippen molar-refractivity contribution in [3.8, 4) is 11.5 Å². The maximum Gasteiger partial charge on any atom is 0.240 e. The Labute approximate surface area is 139 Å². The quantitative estimate of drug-likeness (QED) is 0.889. The summed E-state index contributed by atoms with van der Waals surface area (Å²) < 4.78 is 38.2. The molecule has 0 amide bonds. The predicted octanol–water partition coefficient (Wildman–Crippen LogP) is 2.05. The van der Waals surface area contributed by atoms with Crippen LogP contribution in [0.15, 0.2) is 23.1 Å². The van der Waals surface area contributed by atoms with Crippen molar-refractivity contribution in [2.45, 2.75) is 25.2 Å². The first-order valence-electron chi connectivity index (χ1n) is 7.28. The van der Waals surface area contributed by atoms with Crippen molar-refractivity contribution in [1.82, 2.24) is 9.71 Å². The molecule has 0 spiro atoms. The van der Waals surface area contributed by atoms with Gasteiger partial charge in [0.25, 0.3) is 0 Å². The Morgan fingerprint density at radius 2 is 1.96 bits per heavy atom. The van der Waals surface area contributed by atoms with E-state index in [1.165, 1.54) is 12.1 Å². The normalized spacial score (nSPS) is 14.0. The zero-order valence-corrected chi connectivity index (χ0v) is 14.6. The van der Waals surface area contributed by atoms with Crippen LogP contribution < -0.4 is 14.2 Å². The van der Waals surface area contributed by atoms with Crippen LogP contribution in [0.25, 0.3) is 0 Å². The second-order valence-electron chi connectivity index (χ2n) is 5.19. The third-order valence-electron chi connectivity index (χ3n) is 3.47. The summed E-state index contributed by atoms with van der Waals surface area (Å²) in [4.78, 5) is 5.63. The zero-order chi connectivity index (χ0) is 16.4. The van der Waals surface area contributed by atoms with E-state index in [0.29, 0.717) is 37.7 Å². The van der Waals surface area contributed by atoms with E-state index < -0.39 is 10.0 Å². The molecule has 1 aliphatic heterocycles. The maximum absolute atomic E-state index is 12.4. The summed E-state index contributed by atoms with van der Waals surface area (Å²) in [6.07, 6.45) is 0.626. The minimum atomic E-state index is -3.57. The van der Waals surface area contributed by atoms with E-state index in [1.54, 1.807) is 17.4 Å². The Balaban J connectivity index is 1.68. The molecule has 2 heterocycles. The third-order valence-corrected chi connectivity index (χ3v) is 6.06. The number of benzene rings is 1. The van der Waals surface area contributed by atoms with Crippen molar-refractivity contribution in [2.75, 3.05) is 19.8 Å². The second-order valence-corrected chi connectivity index (χ2v) is 8.25. The summed E-state index contributed by atoms with van der Waals surface area (Å²) in [5, 5.41) is 0.993. The van der Waals surface area contributed by atoms with Gasteiger partial charge in [-0.05, 0) is 32.4 Å². The lowest BCUT2D eigenvalue weighted by Gasteiger charge is -2.18. The molecule has 23 heavy (non-hydrogen) atoms. The molecule has 8 heteroatoms. The lowest BCUT2D eigenvalue weighted by molar-refractivity contribution is 0.171. The highest BCUT2D eigenvalue weighted by molar-refractivity contribution is 7.89. The number of ether oxygens (including phenoxy) is 2. The molecule has 0 aliphatic carbocycles. The van der Waals surface area contributed by atoms with Gasteiger partial charge in [-0.1, -0.05) is 0 Å². The van der Waals surface area contributed by atoms with E-state index in [4.69, 9.17) is 9.47 Å². The summed E-state index contributed by atoms with van der Waals surface area (Å²) in [7, 11) is -3.57. The molecule has 0 radical (unpaired) electrons. The standard InChI is InChI=1S/C15H18N2O4S2/c1-10-15(22-11(2)17-10)5-6-16-23(18,19)12-3-4-13-14(9-12)21-8-7-20-13/h3-4,9,16H,5-8H2,1-2H3. The number of sulfonamides is 1. The molecule has 1 aliphatic rings. The summed E-state index contributed by atoms with van der Waals surface area (Å²) in [5.74, 6) is 1.04. The summed E-state index contributed by atoms with van der Waals surface area (Å²) in [5.41, 5.74) is 0.964. The SMILES string of the molecule is Cc1nc(C)c(CCNS(=O)(=O)c2ccc3c(c2)OCCO3)s1. The van der Waals surface area contributed by atoms with E-state index >= 15 is 0 Å². The average Bonchev–Trinajstić information content (AvgIpc) is 2.84. The fraction of sp³-hybridized carbons (Fsp3) is 0.400. The molecule has 6 nitrogen and oxygen atoms in total. The first-order valence-corrected chi connectivity index (χ1v) is 9.58. The monoisotopic (exact) mass is 354 g/mol. The van der Waals surface area contributed by atoms with Gasteiger partial charge in [0.2, 0.25) is 10.0 Å². The van der Waals surface area contributed by atoms with E-state index in [-0.39, 0.29) is 4.90 Å². The molecule has 1 aromatic carbocycles. The number of thiazole rings is 1. The number of aromatic nitrogens is 1. The molecule has 0 saturated heterocycles. The van der Waals surface area contributed by atoms with Gasteiger partial charge in [-0.3, -0.25) is 0 Å². The first-order chi connectivity index (χ1) is 11.0. The van der Waals surface area contributed by atoms with E-state index in [1.807, 2.05) is 13.8 Å². The topological polar surface area (TPSA) is 77.5 Å². The van der Waals surface area contributed by atoms with Crippen LogP contribution in [-0.2, 0) is 16.4 Å². The molecule has 2 aromatic rings. The molecule has 0 saturated carbocycles. The van der Waals surface area contributed by atoms with Crippen molar-refractivity contribution < 1.29 is 17.9 Å². The van der Waals surface area contributed by atoms with Crippen LogP contribution in [0.5, 0.6) is 11.5 Å². The average molecular weight is 354 g/mol. The van der Waals surface area contributed by atoms with Crippen LogP contribution in [0.3, 0.4) is 0 Å². The van der Waals surface area contributed by atoms with Crippen molar-refractivity contribution in [3.63, 3.8) is 0 Å². The van der Waals surface area contributed by atoms with Gasteiger partial charge in [-0.15, -0.1) is 11.3 Å². The van der Waals surface area contributed by atoms with E-state index in [2.05, 4.69) is 9.71 Å². The highest BCUT2D eigenvalue weighted by Crippen LogP contribution is 2.32. The van der Waals surface area contributed by atoms with Crippen LogP contribution in [0.2, 0.25) is 0 Å². The van der Waals surface area contributed by atoms with Crippen LogP contribution in [0, 0.1) is 13.8 Å². The van der Waals surface area contributed by atoms with Gasteiger partial charge in [0.05, 0.1) is 15.6 Å². The number of nitrogens with one attached hydrogen (secondary N) is 1. The number of nitrogens with zero attached hydrogens (tertiary/aromatic N) is 1. The number of fused-ring (bicyclic) bond motifs is 1. The first kappa shape index (κ1) is 16.2. The number of rotatable bonds is 5. The van der Waals surface area contributed by atoms with Gasteiger partial charge in [0.1, 0.15) is 13.2 Å². The van der Waals surface area contributed by atoms with Gasteiger partial charge < -0.3 is 9.47 Å². The molecule has 0 atom stereocenters. The molecule has 0 fully saturated rings. The summed E-state index contributed by atoms with van der Waals surface area (Å²) in [6, 6.07) is 4.65. The maximum atomic E-state index is 12.4. The summed E-state index contributed by atoms with van der Waals surface area (Å²) >= 11 is 1.60. The Bertz CT molecular complexity index is 815. The minimum Gasteiger partial charge on any atom is -0.486 e. The van der Waals surface area contributed by atoms with Gasteiger partial charge in [0, 0.05) is 17.5 Å². The van der Waals surface area contributed by atoms with Crippen LogP contribution >= 0.6 is 11.3 Å². The largest absolute Gasteiger partial charge is 0.486 e. The van der Waals surface area contributed by atoms with Crippen molar-refractivity contribution in [1.29, 1.82) is 0 Å². The predicted molar refractivity (Wildman–Crippen MR) is 87.9 cm³/mol. The minimum absolute atomic E-state index is 0.180. The molecule has 124 valence electrons. The van der Waals surface area contributed by atoms with Crippen LogP contribution in [0.4, 0.5) is 0 Å². The summed E-state index contributed by atoms with van der Waals surface area (Å²) in [6.45, 7) is 5.12. The highest BCUT2D eigenvalue weighted by Gasteiger charge is 2.19. The van der Waals surface area contributed by atoms with Gasteiger partial charge >= 0.3 is 0 Å². The molecular weight excluding hydrogens is 336 g/mol. The van der Waals surface area contributed by atoms with Gasteiger partial charge in [-0.25, -0.2) is 18.1 Å². The lowest BCUT2D eigenvalue weighted by atomic mass is 10.3. The van der Waals surface area contributed by atoms with Crippen molar-refractivity contribution in [3.05, 3.63) is 33.8 Å². The Hall–Kier alpha value is -1.64. The molecule has 1 aromatic heterocycles. The molecule has 0 bridgehead atoms. The zero-order valence-electron chi connectivity index (χ0n) is 13.0. The Morgan fingerprint density at radius 1 is 1.22 bits per heavy atom. The van der Waals surface area contributed by atoms with Crippen molar-refractivity contribution in [2.24, 2.45) is 0 Å². The molecular formula is C15H18N2O4S2. The van der Waals surface area contributed by atoms with Crippen LogP contribution in [0.1, 0.15) is 15.6 Å². The van der Waals surface area contributed by atoms with Gasteiger partial charge in [0.15, 0.2) is 11.5 Å². The van der Waals surface area contributed by atoms with Crippen molar-refractivity contribution >= 4 is 21.4 Å². The highest BCUT2D eigenvalue weighted by atomic mass is 32.2. The lowest BCUT2D eigenvalue weighted by Crippen LogP contribution is -2.26.